The van der Waals surface area contributed by atoms with Crippen molar-refractivity contribution >= 4 is 28.2 Å². The number of aryl methyl sites for hydroxylation is 1. The number of nitrogens with one attached hydrogen (secondary N) is 1. The van der Waals surface area contributed by atoms with Gasteiger partial charge in [0.1, 0.15) is 5.58 Å². The first-order valence-corrected chi connectivity index (χ1v) is 7.92. The molecule has 5 heteroatoms. The Morgan fingerprint density at radius 3 is 2.86 bits per heavy atom. The number of thiophene rings is 1. The van der Waals surface area contributed by atoms with Crippen LogP contribution in [0.5, 0.6) is 0 Å². The van der Waals surface area contributed by atoms with E-state index in [1.165, 1.54) is 17.4 Å². The van der Waals surface area contributed by atoms with Crippen LogP contribution in [0, 0.1) is 0 Å². The van der Waals surface area contributed by atoms with Crippen molar-refractivity contribution in [2.75, 3.05) is 0 Å². The maximum atomic E-state index is 12.0. The highest BCUT2D eigenvalue weighted by atomic mass is 32.1. The van der Waals surface area contributed by atoms with Gasteiger partial charge in [0.25, 0.3) is 5.91 Å². The average Bonchev–Trinajstić information content (AvgIpc) is 3.06. The molecule has 0 radical (unpaired) electrons. The van der Waals surface area contributed by atoms with E-state index in [0.717, 1.165) is 22.9 Å². The molecule has 0 saturated heterocycles. The van der Waals surface area contributed by atoms with Crippen molar-refractivity contribution in [3.63, 3.8) is 0 Å². The molecule has 3 rings (SSSR count). The normalized spacial score (nSPS) is 10.8. The van der Waals surface area contributed by atoms with E-state index in [4.69, 9.17) is 4.42 Å². The minimum absolute atomic E-state index is 0.136. The van der Waals surface area contributed by atoms with Gasteiger partial charge >= 0.3 is 5.63 Å². The van der Waals surface area contributed by atoms with Crippen LogP contribution in [0.3, 0.4) is 0 Å². The minimum atomic E-state index is -0.405. The molecular weight excluding hydrogens is 298 g/mol. The molecule has 4 nitrogen and oxygen atoms in total. The van der Waals surface area contributed by atoms with Crippen LogP contribution in [0.1, 0.15) is 27.7 Å². The highest BCUT2D eigenvalue weighted by Gasteiger charge is 2.10. The summed E-state index contributed by atoms with van der Waals surface area (Å²) in [5.41, 5.74) is 2.07. The Labute approximate surface area is 131 Å². The van der Waals surface area contributed by atoms with Crippen molar-refractivity contribution in [1.82, 2.24) is 5.32 Å². The monoisotopic (exact) mass is 313 g/mol. The summed E-state index contributed by atoms with van der Waals surface area (Å²) in [5.74, 6) is -0.136. The smallest absolute Gasteiger partial charge is 0.336 e. The zero-order valence-corrected chi connectivity index (χ0v) is 12.9. The second-order valence-corrected chi connectivity index (χ2v) is 5.88. The van der Waals surface area contributed by atoms with E-state index in [9.17, 15) is 9.59 Å². The van der Waals surface area contributed by atoms with Gasteiger partial charge in [-0.15, -0.1) is 11.3 Å². The van der Waals surface area contributed by atoms with Gasteiger partial charge in [-0.1, -0.05) is 19.1 Å². The fourth-order valence-corrected chi connectivity index (χ4v) is 2.95. The minimum Gasteiger partial charge on any atom is -0.423 e. The van der Waals surface area contributed by atoms with Crippen molar-refractivity contribution < 1.29 is 9.21 Å². The first-order chi connectivity index (χ1) is 10.7. The lowest BCUT2D eigenvalue weighted by molar-refractivity contribution is 0.0955. The molecule has 0 bridgehead atoms. The number of rotatable bonds is 4. The molecule has 1 amide bonds. The van der Waals surface area contributed by atoms with E-state index in [1.54, 1.807) is 12.1 Å². The Morgan fingerprint density at radius 1 is 1.27 bits per heavy atom. The maximum Gasteiger partial charge on any atom is 0.336 e. The van der Waals surface area contributed by atoms with Gasteiger partial charge in [0.2, 0.25) is 0 Å². The number of hydrogen-bond donors (Lipinski definition) is 1. The predicted molar refractivity (Wildman–Crippen MR) is 87.4 cm³/mol. The molecule has 22 heavy (non-hydrogen) atoms. The molecule has 0 aliphatic rings. The van der Waals surface area contributed by atoms with Gasteiger partial charge in [-0.3, -0.25) is 4.79 Å². The van der Waals surface area contributed by atoms with Crippen molar-refractivity contribution in [3.8, 4) is 0 Å². The summed E-state index contributed by atoms with van der Waals surface area (Å²) in [5, 5.41) is 5.57. The highest BCUT2D eigenvalue weighted by Crippen LogP contribution is 2.19. The van der Waals surface area contributed by atoms with E-state index in [2.05, 4.69) is 12.2 Å². The van der Waals surface area contributed by atoms with Crippen LogP contribution in [-0.4, -0.2) is 5.91 Å². The third-order valence-corrected chi connectivity index (χ3v) is 4.35. The van der Waals surface area contributed by atoms with E-state index >= 15 is 0 Å². The zero-order chi connectivity index (χ0) is 15.5. The Balaban J connectivity index is 1.92. The van der Waals surface area contributed by atoms with Gasteiger partial charge in [-0.2, -0.15) is 0 Å². The standard InChI is InChI=1S/C17H15NO3S/c1-2-11-5-6-14-13(8-11)12(9-16(19)21-14)10-18-17(20)15-4-3-7-22-15/h3-9H,2,10H2,1H3,(H,18,20). The van der Waals surface area contributed by atoms with Gasteiger partial charge in [-0.05, 0) is 41.1 Å². The summed E-state index contributed by atoms with van der Waals surface area (Å²) in [6, 6.07) is 10.8. The first-order valence-electron chi connectivity index (χ1n) is 7.04. The largest absolute Gasteiger partial charge is 0.423 e. The van der Waals surface area contributed by atoms with Crippen molar-refractivity contribution in [3.05, 3.63) is 68.2 Å². The molecule has 0 aliphatic heterocycles. The van der Waals surface area contributed by atoms with Crippen LogP contribution >= 0.6 is 11.3 Å². The number of hydrogen-bond acceptors (Lipinski definition) is 4. The van der Waals surface area contributed by atoms with Gasteiger partial charge < -0.3 is 9.73 Å². The summed E-state index contributed by atoms with van der Waals surface area (Å²) in [6.07, 6.45) is 0.899. The fourth-order valence-electron chi connectivity index (χ4n) is 2.31. The lowest BCUT2D eigenvalue weighted by atomic mass is 10.1. The van der Waals surface area contributed by atoms with E-state index in [-0.39, 0.29) is 5.91 Å². The van der Waals surface area contributed by atoms with E-state index in [1.807, 2.05) is 23.6 Å². The average molecular weight is 313 g/mol. The van der Waals surface area contributed by atoms with Crippen molar-refractivity contribution in [1.29, 1.82) is 0 Å². The number of fused-ring (bicyclic) bond motifs is 1. The molecule has 0 fully saturated rings. The van der Waals surface area contributed by atoms with Crippen LogP contribution in [0.2, 0.25) is 0 Å². The SMILES string of the molecule is CCc1ccc2oc(=O)cc(CNC(=O)c3cccs3)c2c1. The van der Waals surface area contributed by atoms with Crippen LogP contribution in [0.15, 0.2) is 51.0 Å². The Hall–Kier alpha value is -2.40. The molecule has 0 aliphatic carbocycles. The highest BCUT2D eigenvalue weighted by molar-refractivity contribution is 7.12. The molecule has 0 atom stereocenters. The Kier molecular flexibility index (Phi) is 4.06. The van der Waals surface area contributed by atoms with E-state index in [0.29, 0.717) is 17.0 Å². The van der Waals surface area contributed by atoms with Crippen molar-refractivity contribution in [2.45, 2.75) is 19.9 Å². The molecule has 0 unspecified atom stereocenters. The van der Waals surface area contributed by atoms with Gasteiger partial charge in [0.05, 0.1) is 4.88 Å². The van der Waals surface area contributed by atoms with Gasteiger partial charge in [0, 0.05) is 18.0 Å². The van der Waals surface area contributed by atoms with Gasteiger partial charge in [-0.25, -0.2) is 4.79 Å². The molecule has 0 spiro atoms. The summed E-state index contributed by atoms with van der Waals surface area (Å²) in [4.78, 5) is 24.3. The number of amides is 1. The molecule has 112 valence electrons. The Bertz CT molecular complexity index is 865. The summed E-state index contributed by atoms with van der Waals surface area (Å²) in [6.45, 7) is 2.37. The third-order valence-electron chi connectivity index (χ3n) is 3.49. The molecule has 1 aromatic carbocycles. The summed E-state index contributed by atoms with van der Waals surface area (Å²) in [7, 11) is 0. The Morgan fingerprint density at radius 2 is 2.14 bits per heavy atom. The van der Waals surface area contributed by atoms with Crippen LogP contribution < -0.4 is 10.9 Å². The molecule has 2 aromatic heterocycles. The number of carbonyl (C=O) groups excluding carboxylic acids is 1. The summed E-state index contributed by atoms with van der Waals surface area (Å²) < 4.78 is 5.21. The van der Waals surface area contributed by atoms with Crippen LogP contribution in [0.25, 0.3) is 11.0 Å². The molecule has 2 heterocycles. The van der Waals surface area contributed by atoms with Crippen LogP contribution in [-0.2, 0) is 13.0 Å². The quantitative estimate of drug-likeness (QED) is 0.751. The number of carbonyl (C=O) groups is 1. The molecule has 1 N–H and O–H groups in total. The second kappa shape index (κ2) is 6.15. The predicted octanol–water partition coefficient (Wildman–Crippen LogP) is 3.35. The summed E-state index contributed by atoms with van der Waals surface area (Å²) >= 11 is 1.39. The number of benzene rings is 1. The second-order valence-electron chi connectivity index (χ2n) is 4.93. The lowest BCUT2D eigenvalue weighted by Gasteiger charge is -2.08. The fraction of sp³-hybridized carbons (Fsp3) is 0.176. The zero-order valence-electron chi connectivity index (χ0n) is 12.1. The topological polar surface area (TPSA) is 59.3 Å². The molecule has 3 aromatic rings. The molecule has 0 saturated carbocycles. The van der Waals surface area contributed by atoms with Crippen LogP contribution in [0.4, 0.5) is 0 Å². The lowest BCUT2D eigenvalue weighted by Crippen LogP contribution is -2.22. The van der Waals surface area contributed by atoms with Gasteiger partial charge in [0.15, 0.2) is 0 Å². The third kappa shape index (κ3) is 2.94. The van der Waals surface area contributed by atoms with E-state index < -0.39 is 5.63 Å². The maximum absolute atomic E-state index is 12.0. The molecular formula is C17H15NO3S. The van der Waals surface area contributed by atoms with Crippen molar-refractivity contribution in [2.24, 2.45) is 0 Å². The first kappa shape index (κ1) is 14.5.